The highest BCUT2D eigenvalue weighted by Crippen LogP contribution is 2.48. The first kappa shape index (κ1) is 73.5. The summed E-state index contributed by atoms with van der Waals surface area (Å²) in [5.74, 6) is 0. The molecule has 0 N–H and O–H groups in total. The van der Waals surface area contributed by atoms with Gasteiger partial charge in [-0.05, 0) is 257 Å². The van der Waals surface area contributed by atoms with Crippen LogP contribution in [0.25, 0.3) is 180 Å². The van der Waals surface area contributed by atoms with Crippen molar-refractivity contribution in [1.29, 1.82) is 0 Å². The molecule has 0 spiro atoms. The fourth-order valence-electron chi connectivity index (χ4n) is 16.0. The molecule has 12 nitrogen and oxygen atoms in total. The Morgan fingerprint density at radius 1 is 0.116 bits per heavy atom. The molecule has 0 aliphatic rings. The van der Waals surface area contributed by atoms with E-state index in [0.717, 1.165) is 202 Å². The molecule has 12 aromatic heterocycles. The minimum atomic E-state index is -0.887. The van der Waals surface area contributed by atoms with E-state index in [1.807, 2.05) is 146 Å². The lowest BCUT2D eigenvalue weighted by molar-refractivity contribution is 0.745. The van der Waals surface area contributed by atoms with Crippen LogP contribution in [-0.4, -0.2) is 59.8 Å². The topological polar surface area (TPSA) is 155 Å². The molecule has 568 valence electrons. The summed E-state index contributed by atoms with van der Waals surface area (Å²) in [4.78, 5) is 57.8. The first-order chi connectivity index (χ1) is 59.9. The molecule has 0 amide bonds. The first-order valence-corrected chi connectivity index (χ1v) is 40.1. The van der Waals surface area contributed by atoms with Gasteiger partial charge in [0.15, 0.2) is 0 Å². The van der Waals surface area contributed by atoms with Gasteiger partial charge < -0.3 is 0 Å². The van der Waals surface area contributed by atoms with Crippen LogP contribution in [0.3, 0.4) is 0 Å². The summed E-state index contributed by atoms with van der Waals surface area (Å²) < 4.78 is 0. The van der Waals surface area contributed by atoms with E-state index >= 15 is 0 Å². The smallest absolute Gasteiger partial charge is 0.0900 e. The monoisotopic (exact) mass is 1550 g/mol. The SMILES string of the molecule is c1ccc(-c2cc(-c3ccc(-c4ccc(C(c5ccc(-c6ccc(-c7cc(-c8ccccn8)nc(-c8ccccn8)c7)cc6)cc5)(c5ccc(-c6ccc(-c7cc(-c8ccccn8)nc(-c8ccccn8)c7)cc6)cc5)c5ccc(-c6ccc(-c7cc(-c8ccccn8)nc(-c8ccccn8)c7)cc6)cc5)cc4)cc3)cc(-c3ccccn3)n2)nc1. The van der Waals surface area contributed by atoms with Crippen LogP contribution >= 0.6 is 0 Å². The maximum atomic E-state index is 5.07. The predicted molar refractivity (Wildman–Crippen MR) is 485 cm³/mol. The van der Waals surface area contributed by atoms with Gasteiger partial charge in [0.25, 0.3) is 0 Å². The van der Waals surface area contributed by atoms with E-state index in [1.165, 1.54) is 0 Å². The Morgan fingerprint density at radius 3 is 0.364 bits per heavy atom. The molecule has 20 rings (SSSR count). The summed E-state index contributed by atoms with van der Waals surface area (Å²) in [6, 6.07) is 136. The Morgan fingerprint density at radius 2 is 0.240 bits per heavy atom. The van der Waals surface area contributed by atoms with Gasteiger partial charge in [0.2, 0.25) is 0 Å². The van der Waals surface area contributed by atoms with Crippen molar-refractivity contribution in [2.24, 2.45) is 0 Å². The molecule has 0 bridgehead atoms. The minimum Gasteiger partial charge on any atom is -0.255 e. The highest BCUT2D eigenvalue weighted by atomic mass is 14.8. The van der Waals surface area contributed by atoms with E-state index in [-0.39, 0.29) is 0 Å². The molecule has 0 unspecified atom stereocenters. The molecule has 0 aliphatic heterocycles. The van der Waals surface area contributed by atoms with Gasteiger partial charge in [-0.25, -0.2) is 19.9 Å². The molecule has 20 aromatic rings. The quantitative estimate of drug-likeness (QED) is 0.0667. The standard InChI is InChI=1S/C109H72N12/c1-9-57-110-93(17-1)101-65-85(66-102(118-101)94-18-2-10-58-111-94)81-33-25-73(26-34-81)77-41-49-89(50-42-77)109(90-51-43-78(44-52-90)74-27-35-82(36-28-74)86-67-103(95-19-3-11-59-112-95)119-104(68-86)96-20-4-12-60-113-96,91-53-45-79(46-54-91)75-29-37-83(38-30-75)87-69-105(97-21-5-13-61-114-97)120-106(70-87)98-22-6-14-62-115-98)92-55-47-80(48-56-92)76-31-39-84(40-32-76)88-71-107(99-23-7-15-63-116-99)121-108(72-88)100-24-8-16-64-117-100/h1-72H. The number of aromatic nitrogens is 12. The van der Waals surface area contributed by atoms with Crippen molar-refractivity contribution in [3.05, 3.63) is 460 Å². The number of nitrogens with zero attached hydrogens (tertiary/aromatic N) is 12. The van der Waals surface area contributed by atoms with E-state index in [1.54, 1.807) is 49.6 Å². The zero-order valence-corrected chi connectivity index (χ0v) is 65.4. The number of rotatable bonds is 20. The minimum absolute atomic E-state index is 0.773. The molecule has 0 radical (unpaired) electrons. The molecule has 12 heteroatoms. The summed E-state index contributed by atoms with van der Waals surface area (Å²) in [6.07, 6.45) is 14.4. The zero-order chi connectivity index (χ0) is 80.7. The number of hydrogen-bond donors (Lipinski definition) is 0. The lowest BCUT2D eigenvalue weighted by Gasteiger charge is -2.37. The Balaban J connectivity index is 0.701. The van der Waals surface area contributed by atoms with E-state index in [4.69, 9.17) is 59.8 Å². The lowest BCUT2D eigenvalue weighted by Crippen LogP contribution is -2.31. The van der Waals surface area contributed by atoms with Gasteiger partial charge in [-0.3, -0.25) is 39.9 Å². The maximum Gasteiger partial charge on any atom is 0.0900 e. The first-order valence-electron chi connectivity index (χ1n) is 40.1. The van der Waals surface area contributed by atoms with E-state index in [2.05, 4.69) is 243 Å². The summed E-state index contributed by atoms with van der Waals surface area (Å²) >= 11 is 0. The van der Waals surface area contributed by atoms with Gasteiger partial charge in [-0.15, -0.1) is 0 Å². The van der Waals surface area contributed by atoms with Crippen molar-refractivity contribution in [3.8, 4) is 180 Å². The van der Waals surface area contributed by atoms with E-state index < -0.39 is 5.41 Å². The summed E-state index contributed by atoms with van der Waals surface area (Å²) in [5.41, 5.74) is 32.8. The third kappa shape index (κ3) is 15.4. The fraction of sp³-hybridized carbons (Fsp3) is 0.00917. The highest BCUT2D eigenvalue weighted by molar-refractivity contribution is 5.83. The molecule has 121 heavy (non-hydrogen) atoms. The summed E-state index contributed by atoms with van der Waals surface area (Å²) in [6.45, 7) is 0. The third-order valence-corrected chi connectivity index (χ3v) is 22.2. The zero-order valence-electron chi connectivity index (χ0n) is 65.4. The van der Waals surface area contributed by atoms with Crippen LogP contribution in [0.5, 0.6) is 0 Å². The molecule has 0 saturated carbocycles. The maximum absolute atomic E-state index is 5.07. The second-order valence-electron chi connectivity index (χ2n) is 29.6. The normalized spacial score (nSPS) is 11.3. The average Bonchev–Trinajstić information content (AvgIpc) is 0.726. The Labute approximate surface area is 701 Å². The van der Waals surface area contributed by atoms with E-state index in [9.17, 15) is 0 Å². The van der Waals surface area contributed by atoms with Crippen molar-refractivity contribution >= 4 is 0 Å². The Hall–Kier alpha value is -16.4. The van der Waals surface area contributed by atoms with Crippen LogP contribution in [0, 0.1) is 0 Å². The van der Waals surface area contributed by atoms with E-state index in [0.29, 0.717) is 0 Å². The summed E-state index contributed by atoms with van der Waals surface area (Å²) in [7, 11) is 0. The molecule has 0 atom stereocenters. The number of hydrogen-bond acceptors (Lipinski definition) is 12. The molecular weight excluding hydrogens is 1480 g/mol. The molecule has 0 saturated heterocycles. The fourth-order valence-corrected chi connectivity index (χ4v) is 16.0. The van der Waals surface area contributed by atoms with Crippen LogP contribution in [0.2, 0.25) is 0 Å². The predicted octanol–water partition coefficient (Wildman–Crippen LogP) is 25.5. The van der Waals surface area contributed by atoms with Gasteiger partial charge in [-0.1, -0.05) is 243 Å². The molecule has 8 aromatic carbocycles. The van der Waals surface area contributed by atoms with Crippen LogP contribution in [0.15, 0.2) is 438 Å². The van der Waals surface area contributed by atoms with Crippen LogP contribution < -0.4 is 0 Å². The third-order valence-electron chi connectivity index (χ3n) is 22.2. The van der Waals surface area contributed by atoms with Crippen LogP contribution in [0.4, 0.5) is 0 Å². The number of pyridine rings is 12. The Kier molecular flexibility index (Phi) is 20.1. The lowest BCUT2D eigenvalue weighted by atomic mass is 9.64. The van der Waals surface area contributed by atoms with Crippen molar-refractivity contribution in [3.63, 3.8) is 0 Å². The van der Waals surface area contributed by atoms with Crippen molar-refractivity contribution < 1.29 is 0 Å². The van der Waals surface area contributed by atoms with Crippen molar-refractivity contribution in [2.75, 3.05) is 0 Å². The van der Waals surface area contributed by atoms with Gasteiger partial charge >= 0.3 is 0 Å². The number of benzene rings is 8. The van der Waals surface area contributed by atoms with Crippen molar-refractivity contribution in [1.82, 2.24) is 59.8 Å². The second-order valence-corrected chi connectivity index (χ2v) is 29.6. The average molecular weight is 1550 g/mol. The molecule has 12 heterocycles. The van der Waals surface area contributed by atoms with Gasteiger partial charge in [-0.2, -0.15) is 0 Å². The van der Waals surface area contributed by atoms with Crippen molar-refractivity contribution in [2.45, 2.75) is 5.41 Å². The van der Waals surface area contributed by atoms with Crippen LogP contribution in [-0.2, 0) is 5.41 Å². The molecule has 0 fully saturated rings. The van der Waals surface area contributed by atoms with Gasteiger partial charge in [0, 0.05) is 49.6 Å². The highest BCUT2D eigenvalue weighted by Gasteiger charge is 2.39. The van der Waals surface area contributed by atoms with Gasteiger partial charge in [0.05, 0.1) is 96.5 Å². The van der Waals surface area contributed by atoms with Crippen LogP contribution in [0.1, 0.15) is 22.3 Å². The molecule has 0 aliphatic carbocycles. The molecular formula is C109H72N12. The Bertz CT molecular complexity index is 5900. The summed E-state index contributed by atoms with van der Waals surface area (Å²) in [5, 5.41) is 0. The second kappa shape index (κ2) is 33.0. The largest absolute Gasteiger partial charge is 0.255 e. The van der Waals surface area contributed by atoms with Gasteiger partial charge in [0.1, 0.15) is 0 Å².